The molecule has 2 aromatic carbocycles. The number of ether oxygens (including phenoxy) is 2. The number of methoxy groups -OCH3 is 2. The van der Waals surface area contributed by atoms with Crippen molar-refractivity contribution in [2.45, 2.75) is 20.8 Å². The van der Waals surface area contributed by atoms with Crippen LogP contribution in [0.3, 0.4) is 0 Å². The summed E-state index contributed by atoms with van der Waals surface area (Å²) in [4.78, 5) is 9.07. The minimum absolute atomic E-state index is 0.492. The third-order valence-corrected chi connectivity index (χ3v) is 4.17. The van der Waals surface area contributed by atoms with Gasteiger partial charge in [-0.05, 0) is 50.1 Å². The van der Waals surface area contributed by atoms with Gasteiger partial charge in [-0.3, -0.25) is 0 Å². The summed E-state index contributed by atoms with van der Waals surface area (Å²) in [5.74, 6) is 2.60. The molecule has 2 N–H and O–H groups in total. The van der Waals surface area contributed by atoms with Crippen LogP contribution in [-0.2, 0) is 0 Å². The summed E-state index contributed by atoms with van der Waals surface area (Å²) in [5, 5.41) is 6.61. The van der Waals surface area contributed by atoms with Gasteiger partial charge in [0.05, 0.1) is 19.9 Å². The van der Waals surface area contributed by atoms with Gasteiger partial charge in [-0.15, -0.1) is 0 Å². The molecule has 0 unspecified atom stereocenters. The lowest BCUT2D eigenvalue weighted by atomic mass is 10.1. The Hall–Kier alpha value is -3.28. The van der Waals surface area contributed by atoms with Crippen LogP contribution in [0, 0.1) is 20.8 Å². The zero-order valence-electron chi connectivity index (χ0n) is 16.3. The average molecular weight is 364 g/mol. The topological polar surface area (TPSA) is 68.3 Å². The lowest BCUT2D eigenvalue weighted by Crippen LogP contribution is -2.04. The summed E-state index contributed by atoms with van der Waals surface area (Å²) in [6.45, 7) is 6.07. The molecule has 0 spiro atoms. The molecule has 1 heterocycles. The molecule has 3 rings (SSSR count). The molecule has 6 nitrogen and oxygen atoms in total. The Labute approximate surface area is 159 Å². The molecule has 0 radical (unpaired) electrons. The smallest absolute Gasteiger partial charge is 0.229 e. The summed E-state index contributed by atoms with van der Waals surface area (Å²) in [7, 11) is 3.24. The van der Waals surface area contributed by atoms with Crippen LogP contribution in [0.5, 0.6) is 11.5 Å². The first-order chi connectivity index (χ1) is 13.0. The molecule has 0 amide bonds. The summed E-state index contributed by atoms with van der Waals surface area (Å²) in [6.07, 6.45) is 0. The fourth-order valence-corrected chi connectivity index (χ4v) is 2.72. The lowest BCUT2D eigenvalue weighted by molar-refractivity contribution is 0.395. The predicted octanol–water partition coefficient (Wildman–Crippen LogP) is 4.91. The molecule has 140 valence electrons. The van der Waals surface area contributed by atoms with Gasteiger partial charge in [0, 0.05) is 23.5 Å². The number of nitrogens with one attached hydrogen (secondary N) is 2. The van der Waals surface area contributed by atoms with Crippen LogP contribution in [-0.4, -0.2) is 24.2 Å². The van der Waals surface area contributed by atoms with Gasteiger partial charge in [0.1, 0.15) is 17.3 Å². The molecule has 0 aliphatic heterocycles. The predicted molar refractivity (Wildman–Crippen MR) is 109 cm³/mol. The second-order valence-corrected chi connectivity index (χ2v) is 6.35. The zero-order valence-corrected chi connectivity index (χ0v) is 16.3. The van der Waals surface area contributed by atoms with Crippen molar-refractivity contribution in [1.82, 2.24) is 9.97 Å². The molecule has 1 aromatic heterocycles. The number of anilines is 4. The number of rotatable bonds is 6. The molecule has 0 atom stereocenters. The van der Waals surface area contributed by atoms with Crippen molar-refractivity contribution in [2.24, 2.45) is 0 Å². The second-order valence-electron chi connectivity index (χ2n) is 6.35. The van der Waals surface area contributed by atoms with Crippen LogP contribution in [0.15, 0.2) is 42.5 Å². The van der Waals surface area contributed by atoms with Crippen molar-refractivity contribution in [1.29, 1.82) is 0 Å². The van der Waals surface area contributed by atoms with E-state index in [4.69, 9.17) is 9.47 Å². The van der Waals surface area contributed by atoms with Crippen molar-refractivity contribution in [2.75, 3.05) is 24.9 Å². The number of hydrogen-bond acceptors (Lipinski definition) is 6. The van der Waals surface area contributed by atoms with E-state index >= 15 is 0 Å². The van der Waals surface area contributed by atoms with Gasteiger partial charge >= 0.3 is 0 Å². The van der Waals surface area contributed by atoms with Crippen molar-refractivity contribution in [3.63, 3.8) is 0 Å². The Morgan fingerprint density at radius 1 is 0.778 bits per heavy atom. The van der Waals surface area contributed by atoms with Crippen LogP contribution in [0.25, 0.3) is 0 Å². The SMILES string of the molecule is COc1ccc(Nc2nc(C)cc(Nc3cc(C)ccc3C)n2)c(OC)c1. The quantitative estimate of drug-likeness (QED) is 0.648. The number of benzene rings is 2. The number of aromatic nitrogens is 2. The summed E-state index contributed by atoms with van der Waals surface area (Å²) >= 11 is 0. The zero-order chi connectivity index (χ0) is 19.4. The highest BCUT2D eigenvalue weighted by atomic mass is 16.5. The van der Waals surface area contributed by atoms with Crippen molar-refractivity contribution in [3.8, 4) is 11.5 Å². The normalized spacial score (nSPS) is 10.4. The Morgan fingerprint density at radius 3 is 2.33 bits per heavy atom. The Bertz CT molecular complexity index is 957. The third kappa shape index (κ3) is 4.47. The first-order valence-corrected chi connectivity index (χ1v) is 8.67. The fraction of sp³-hybridized carbons (Fsp3) is 0.238. The minimum atomic E-state index is 0.492. The molecular weight excluding hydrogens is 340 g/mol. The van der Waals surface area contributed by atoms with Gasteiger partial charge < -0.3 is 20.1 Å². The molecule has 3 aromatic rings. The lowest BCUT2D eigenvalue weighted by Gasteiger charge is -2.14. The maximum absolute atomic E-state index is 5.43. The molecule has 0 fully saturated rings. The molecule has 0 saturated heterocycles. The number of nitrogens with zero attached hydrogens (tertiary/aromatic N) is 2. The largest absolute Gasteiger partial charge is 0.497 e. The van der Waals surface area contributed by atoms with E-state index in [0.29, 0.717) is 11.7 Å². The summed E-state index contributed by atoms with van der Waals surface area (Å²) in [5.41, 5.74) is 4.99. The van der Waals surface area contributed by atoms with Crippen molar-refractivity contribution in [3.05, 3.63) is 59.3 Å². The molecule has 0 aliphatic carbocycles. The van der Waals surface area contributed by atoms with Crippen molar-refractivity contribution < 1.29 is 9.47 Å². The van der Waals surface area contributed by atoms with E-state index in [9.17, 15) is 0 Å². The maximum atomic E-state index is 5.43. The maximum Gasteiger partial charge on any atom is 0.229 e. The van der Waals surface area contributed by atoms with Gasteiger partial charge in [-0.25, -0.2) is 4.98 Å². The number of aryl methyl sites for hydroxylation is 3. The van der Waals surface area contributed by atoms with E-state index in [2.05, 4.69) is 52.6 Å². The standard InChI is InChI=1S/C21H24N4O2/c1-13-6-7-14(2)18(10-13)23-20-11-15(3)22-21(25-20)24-17-9-8-16(26-4)12-19(17)27-5/h6-12H,1-5H3,(H2,22,23,24,25). The van der Waals surface area contributed by atoms with Gasteiger partial charge in [-0.1, -0.05) is 12.1 Å². The van der Waals surface area contributed by atoms with Crippen LogP contribution in [0.1, 0.15) is 16.8 Å². The van der Waals surface area contributed by atoms with Crippen LogP contribution >= 0.6 is 0 Å². The minimum Gasteiger partial charge on any atom is -0.497 e. The second kappa shape index (κ2) is 7.95. The summed E-state index contributed by atoms with van der Waals surface area (Å²) < 4.78 is 10.7. The Kier molecular flexibility index (Phi) is 5.45. The van der Waals surface area contributed by atoms with Gasteiger partial charge in [0.25, 0.3) is 0 Å². The van der Waals surface area contributed by atoms with Gasteiger partial charge in [0.15, 0.2) is 0 Å². The third-order valence-electron chi connectivity index (χ3n) is 4.17. The molecule has 0 bridgehead atoms. The van der Waals surface area contributed by atoms with Gasteiger partial charge in [-0.2, -0.15) is 4.98 Å². The van der Waals surface area contributed by atoms with Crippen LogP contribution < -0.4 is 20.1 Å². The fourth-order valence-electron chi connectivity index (χ4n) is 2.72. The van der Waals surface area contributed by atoms with E-state index < -0.39 is 0 Å². The highest BCUT2D eigenvalue weighted by Gasteiger charge is 2.09. The van der Waals surface area contributed by atoms with E-state index in [1.54, 1.807) is 14.2 Å². The van der Waals surface area contributed by atoms with Crippen LogP contribution in [0.4, 0.5) is 23.1 Å². The van der Waals surface area contributed by atoms with Gasteiger partial charge in [0.2, 0.25) is 5.95 Å². The molecule has 0 aliphatic rings. The summed E-state index contributed by atoms with van der Waals surface area (Å²) in [6, 6.07) is 13.7. The monoisotopic (exact) mass is 364 g/mol. The Balaban J connectivity index is 1.89. The van der Waals surface area contributed by atoms with Crippen molar-refractivity contribution >= 4 is 23.1 Å². The highest BCUT2D eigenvalue weighted by molar-refractivity contribution is 5.67. The first-order valence-electron chi connectivity index (χ1n) is 8.67. The molecule has 6 heteroatoms. The highest BCUT2D eigenvalue weighted by Crippen LogP contribution is 2.31. The van der Waals surface area contributed by atoms with E-state index in [1.165, 1.54) is 5.56 Å². The molecular formula is C21H24N4O2. The Morgan fingerprint density at radius 2 is 1.59 bits per heavy atom. The number of hydrogen-bond donors (Lipinski definition) is 2. The average Bonchev–Trinajstić information content (AvgIpc) is 2.64. The first kappa shape index (κ1) is 18.5. The van der Waals surface area contributed by atoms with E-state index in [0.717, 1.165) is 34.2 Å². The molecule has 27 heavy (non-hydrogen) atoms. The van der Waals surface area contributed by atoms with E-state index in [-0.39, 0.29) is 0 Å². The van der Waals surface area contributed by atoms with Crippen LogP contribution in [0.2, 0.25) is 0 Å². The molecule has 0 saturated carbocycles. The van der Waals surface area contributed by atoms with E-state index in [1.807, 2.05) is 31.2 Å².